The fourth-order valence-electron chi connectivity index (χ4n) is 2.95. The molecule has 4 nitrogen and oxygen atoms in total. The molecule has 1 aliphatic carbocycles. The molecule has 1 saturated carbocycles. The molecule has 0 aromatic heterocycles. The van der Waals surface area contributed by atoms with E-state index in [9.17, 15) is 9.59 Å². The number of rotatable bonds is 6. The van der Waals surface area contributed by atoms with Crippen LogP contribution in [0.15, 0.2) is 0 Å². The third kappa shape index (κ3) is 2.58. The van der Waals surface area contributed by atoms with Crippen LogP contribution in [0.25, 0.3) is 0 Å². The Hall–Kier alpha value is -0.900. The average molecular weight is 252 g/mol. The van der Waals surface area contributed by atoms with E-state index in [1.54, 1.807) is 0 Å². The lowest BCUT2D eigenvalue weighted by molar-refractivity contribution is -0.139. The summed E-state index contributed by atoms with van der Waals surface area (Å²) in [5.41, 5.74) is 0. The summed E-state index contributed by atoms with van der Waals surface area (Å²) < 4.78 is 0. The van der Waals surface area contributed by atoms with E-state index in [0.29, 0.717) is 18.4 Å². The van der Waals surface area contributed by atoms with E-state index in [4.69, 9.17) is 0 Å². The van der Waals surface area contributed by atoms with E-state index in [-0.39, 0.29) is 23.9 Å². The molecule has 4 heteroatoms. The first-order valence-corrected chi connectivity index (χ1v) is 7.20. The van der Waals surface area contributed by atoms with Gasteiger partial charge in [-0.3, -0.25) is 14.5 Å². The molecule has 2 unspecified atom stereocenters. The number of carbonyl (C=O) groups excluding carboxylic acids is 2. The monoisotopic (exact) mass is 252 g/mol. The second kappa shape index (κ2) is 5.39. The third-order valence-electron chi connectivity index (χ3n) is 4.31. The van der Waals surface area contributed by atoms with Gasteiger partial charge in [-0.1, -0.05) is 26.7 Å². The summed E-state index contributed by atoms with van der Waals surface area (Å²) in [7, 11) is 0. The zero-order valence-electron chi connectivity index (χ0n) is 11.6. The Labute approximate surface area is 109 Å². The maximum Gasteiger partial charge on any atom is 0.247 e. The fraction of sp³-hybridized carbons (Fsp3) is 0.857. The molecule has 18 heavy (non-hydrogen) atoms. The summed E-state index contributed by atoms with van der Waals surface area (Å²) in [5.74, 6) is 0.583. The van der Waals surface area contributed by atoms with E-state index < -0.39 is 0 Å². The zero-order valence-corrected chi connectivity index (χ0v) is 11.6. The Bertz CT molecular complexity index is 335. The van der Waals surface area contributed by atoms with Gasteiger partial charge in [-0.15, -0.1) is 0 Å². The third-order valence-corrected chi connectivity index (χ3v) is 4.31. The summed E-state index contributed by atoms with van der Waals surface area (Å²) in [6.07, 6.45) is 4.54. The van der Waals surface area contributed by atoms with Gasteiger partial charge in [0.2, 0.25) is 11.8 Å². The Morgan fingerprint density at radius 2 is 1.89 bits per heavy atom. The number of imide groups is 1. The lowest BCUT2D eigenvalue weighted by atomic mass is 9.95. The highest BCUT2D eigenvalue weighted by atomic mass is 16.2. The van der Waals surface area contributed by atoms with Gasteiger partial charge in [0.1, 0.15) is 0 Å². The van der Waals surface area contributed by atoms with Crippen LogP contribution >= 0.6 is 0 Å². The van der Waals surface area contributed by atoms with E-state index in [0.717, 1.165) is 25.7 Å². The molecule has 102 valence electrons. The minimum atomic E-state index is -0.284. The second-order valence-corrected chi connectivity index (χ2v) is 5.62. The number of carbonyl (C=O) groups is 2. The van der Waals surface area contributed by atoms with Crippen molar-refractivity contribution < 1.29 is 9.59 Å². The molecule has 1 saturated heterocycles. The largest absolute Gasteiger partial charge is 0.303 e. The summed E-state index contributed by atoms with van der Waals surface area (Å²) >= 11 is 0. The first-order valence-electron chi connectivity index (χ1n) is 7.20. The number of nitrogens with zero attached hydrogens (tertiary/aromatic N) is 1. The predicted molar refractivity (Wildman–Crippen MR) is 69.9 cm³/mol. The maximum atomic E-state index is 12.2. The van der Waals surface area contributed by atoms with Crippen LogP contribution in [-0.2, 0) is 9.59 Å². The van der Waals surface area contributed by atoms with Crippen molar-refractivity contribution in [3.05, 3.63) is 0 Å². The van der Waals surface area contributed by atoms with Crippen LogP contribution in [0.2, 0.25) is 0 Å². The van der Waals surface area contributed by atoms with E-state index in [1.807, 2.05) is 0 Å². The lowest BCUT2D eigenvalue weighted by Gasteiger charge is -2.25. The Balaban J connectivity index is 1.94. The molecule has 0 aromatic rings. The number of hydrogen-bond acceptors (Lipinski definition) is 3. The van der Waals surface area contributed by atoms with Crippen molar-refractivity contribution in [2.75, 3.05) is 0 Å². The van der Waals surface area contributed by atoms with Crippen molar-refractivity contribution in [1.29, 1.82) is 0 Å². The Morgan fingerprint density at radius 3 is 2.39 bits per heavy atom. The van der Waals surface area contributed by atoms with Gasteiger partial charge in [-0.2, -0.15) is 0 Å². The van der Waals surface area contributed by atoms with Crippen LogP contribution in [0.3, 0.4) is 0 Å². The van der Waals surface area contributed by atoms with E-state index >= 15 is 0 Å². The molecule has 2 rings (SSSR count). The van der Waals surface area contributed by atoms with Crippen LogP contribution in [0, 0.1) is 5.92 Å². The van der Waals surface area contributed by atoms with Gasteiger partial charge in [0.25, 0.3) is 0 Å². The molecular weight excluding hydrogens is 228 g/mol. The van der Waals surface area contributed by atoms with Gasteiger partial charge in [0.05, 0.1) is 12.5 Å². The molecule has 2 aliphatic rings. The van der Waals surface area contributed by atoms with Crippen LogP contribution in [0.1, 0.15) is 52.9 Å². The Kier molecular flexibility index (Phi) is 4.05. The summed E-state index contributed by atoms with van der Waals surface area (Å²) in [4.78, 5) is 25.5. The van der Waals surface area contributed by atoms with Crippen molar-refractivity contribution in [1.82, 2.24) is 10.2 Å². The van der Waals surface area contributed by atoms with Crippen LogP contribution in [-0.4, -0.2) is 34.8 Å². The summed E-state index contributed by atoms with van der Waals surface area (Å²) in [6, 6.07) is 0.217. The minimum Gasteiger partial charge on any atom is -0.303 e. The van der Waals surface area contributed by atoms with Crippen molar-refractivity contribution in [3.63, 3.8) is 0 Å². The SMILES string of the molecule is CCC(CC)C(C)NC1CC(=O)N(C2CC2)C1=O. The van der Waals surface area contributed by atoms with Gasteiger partial charge < -0.3 is 5.32 Å². The molecule has 0 radical (unpaired) electrons. The molecule has 0 bridgehead atoms. The van der Waals surface area contributed by atoms with Gasteiger partial charge in [-0.25, -0.2) is 0 Å². The molecule has 2 amide bonds. The van der Waals surface area contributed by atoms with Crippen molar-refractivity contribution in [3.8, 4) is 0 Å². The highest BCUT2D eigenvalue weighted by Crippen LogP contribution is 2.31. The standard InChI is InChI=1S/C14H24N2O2/c1-4-10(5-2)9(3)15-12-8-13(17)16(14(12)18)11-6-7-11/h9-12,15H,4-8H2,1-3H3. The fourth-order valence-corrected chi connectivity index (χ4v) is 2.95. The minimum absolute atomic E-state index is 0.000283. The highest BCUT2D eigenvalue weighted by Gasteiger charge is 2.46. The smallest absolute Gasteiger partial charge is 0.247 e. The first kappa shape index (κ1) is 13.5. The van der Waals surface area contributed by atoms with Crippen molar-refractivity contribution >= 4 is 11.8 Å². The lowest BCUT2D eigenvalue weighted by Crippen LogP contribution is -2.45. The molecule has 0 spiro atoms. The first-order chi connectivity index (χ1) is 8.58. The maximum absolute atomic E-state index is 12.2. The second-order valence-electron chi connectivity index (χ2n) is 5.62. The number of hydrogen-bond donors (Lipinski definition) is 1. The van der Waals surface area contributed by atoms with Crippen LogP contribution in [0.4, 0.5) is 0 Å². The van der Waals surface area contributed by atoms with E-state index in [1.165, 1.54) is 4.90 Å². The van der Waals surface area contributed by atoms with Gasteiger partial charge in [-0.05, 0) is 25.7 Å². The molecule has 1 aliphatic heterocycles. The number of nitrogens with one attached hydrogen (secondary N) is 1. The number of likely N-dealkylation sites (tertiary alicyclic amines) is 1. The molecule has 1 N–H and O–H groups in total. The normalized spacial score (nSPS) is 26.2. The Morgan fingerprint density at radius 1 is 1.28 bits per heavy atom. The topological polar surface area (TPSA) is 49.4 Å². The number of amides is 2. The van der Waals surface area contributed by atoms with Crippen molar-refractivity contribution in [2.45, 2.75) is 71.0 Å². The van der Waals surface area contributed by atoms with Crippen LogP contribution < -0.4 is 5.32 Å². The quantitative estimate of drug-likeness (QED) is 0.732. The molecule has 2 atom stereocenters. The van der Waals surface area contributed by atoms with Crippen LogP contribution in [0.5, 0.6) is 0 Å². The molecule has 1 heterocycles. The average Bonchev–Trinajstić information content (AvgIpc) is 3.10. The molecule has 2 fully saturated rings. The van der Waals surface area contributed by atoms with Gasteiger partial charge in [0.15, 0.2) is 0 Å². The van der Waals surface area contributed by atoms with Crippen molar-refractivity contribution in [2.24, 2.45) is 5.92 Å². The van der Waals surface area contributed by atoms with Gasteiger partial charge >= 0.3 is 0 Å². The predicted octanol–water partition coefficient (Wildman–Crippen LogP) is 1.69. The molecule has 0 aromatic carbocycles. The van der Waals surface area contributed by atoms with Gasteiger partial charge in [0, 0.05) is 12.1 Å². The summed E-state index contributed by atoms with van der Waals surface area (Å²) in [6.45, 7) is 6.46. The zero-order chi connectivity index (χ0) is 13.3. The summed E-state index contributed by atoms with van der Waals surface area (Å²) in [5, 5.41) is 3.36. The highest BCUT2D eigenvalue weighted by molar-refractivity contribution is 6.06. The van der Waals surface area contributed by atoms with E-state index in [2.05, 4.69) is 26.1 Å². The molecular formula is C14H24N2O2.